The fraction of sp³-hybridized carbons (Fsp3) is 0.500. The number of carbonyl (C=O) groups is 2. The van der Waals surface area contributed by atoms with Gasteiger partial charge in [0.15, 0.2) is 0 Å². The molecule has 132 valence electrons. The van der Waals surface area contributed by atoms with Crippen molar-refractivity contribution in [3.05, 3.63) is 47.8 Å². The molecule has 0 saturated carbocycles. The van der Waals surface area contributed by atoms with Crippen LogP contribution in [0.15, 0.2) is 47.8 Å². The van der Waals surface area contributed by atoms with Crippen molar-refractivity contribution in [2.45, 2.75) is 59.7 Å². The molecule has 1 aliphatic heterocycles. The fourth-order valence-electron chi connectivity index (χ4n) is 2.34. The second-order valence-corrected chi connectivity index (χ2v) is 6.68. The van der Waals surface area contributed by atoms with Crippen LogP contribution in [-0.4, -0.2) is 18.0 Å². The third-order valence-corrected chi connectivity index (χ3v) is 3.52. The van der Waals surface area contributed by atoms with Crippen LogP contribution in [0.25, 0.3) is 0 Å². The van der Waals surface area contributed by atoms with Gasteiger partial charge in [-0.05, 0) is 38.7 Å². The summed E-state index contributed by atoms with van der Waals surface area (Å²) in [6.45, 7) is 11.7. The van der Waals surface area contributed by atoms with Crippen molar-refractivity contribution in [2.75, 3.05) is 0 Å². The summed E-state index contributed by atoms with van der Waals surface area (Å²) in [4.78, 5) is 23.6. The summed E-state index contributed by atoms with van der Waals surface area (Å²) in [7, 11) is 0. The van der Waals surface area contributed by atoms with E-state index in [1.165, 1.54) is 12.3 Å². The molecular weight excluding hydrogens is 304 g/mol. The maximum absolute atomic E-state index is 11.8. The van der Waals surface area contributed by atoms with Crippen molar-refractivity contribution < 1.29 is 19.1 Å². The Morgan fingerprint density at radius 2 is 2.04 bits per heavy atom. The van der Waals surface area contributed by atoms with E-state index in [1.807, 2.05) is 27.7 Å². The summed E-state index contributed by atoms with van der Waals surface area (Å²) >= 11 is 0. The zero-order chi connectivity index (χ0) is 18.1. The van der Waals surface area contributed by atoms with Gasteiger partial charge in [-0.3, -0.25) is 4.79 Å². The highest BCUT2D eigenvalue weighted by Gasteiger charge is 2.19. The van der Waals surface area contributed by atoms with Crippen LogP contribution in [0.4, 0.5) is 0 Å². The minimum absolute atomic E-state index is 0.278. The third kappa shape index (κ3) is 7.95. The van der Waals surface area contributed by atoms with Crippen LogP contribution in [0.5, 0.6) is 0 Å². The molecular formula is C20H28O4. The molecule has 1 atom stereocenters. The van der Waals surface area contributed by atoms with Gasteiger partial charge in [-0.15, -0.1) is 0 Å². The SMILES string of the molecule is C=C1C=COC1OC(=O)C=C(C)CCC=C(C)CC(=O)CC(C)C. The monoisotopic (exact) mass is 332 g/mol. The lowest BCUT2D eigenvalue weighted by atomic mass is 10.0. The number of rotatable bonds is 9. The van der Waals surface area contributed by atoms with E-state index in [2.05, 4.69) is 12.7 Å². The zero-order valence-electron chi connectivity index (χ0n) is 15.1. The van der Waals surface area contributed by atoms with E-state index in [9.17, 15) is 9.59 Å². The Balaban J connectivity index is 2.34. The van der Waals surface area contributed by atoms with E-state index in [1.54, 1.807) is 6.08 Å². The number of hydrogen-bond donors (Lipinski definition) is 0. The van der Waals surface area contributed by atoms with Gasteiger partial charge in [0.05, 0.1) is 6.26 Å². The maximum atomic E-state index is 11.8. The Hall–Kier alpha value is -2.10. The smallest absolute Gasteiger partial charge is 0.334 e. The Labute approximate surface area is 144 Å². The highest BCUT2D eigenvalue weighted by Crippen LogP contribution is 2.17. The van der Waals surface area contributed by atoms with Gasteiger partial charge in [-0.25, -0.2) is 4.79 Å². The average molecular weight is 332 g/mol. The van der Waals surface area contributed by atoms with Gasteiger partial charge in [0, 0.05) is 24.5 Å². The maximum Gasteiger partial charge on any atom is 0.334 e. The molecule has 0 fully saturated rings. The first kappa shape index (κ1) is 19.9. The molecule has 0 aliphatic carbocycles. The van der Waals surface area contributed by atoms with Gasteiger partial charge in [0.1, 0.15) is 5.78 Å². The Morgan fingerprint density at radius 3 is 2.62 bits per heavy atom. The Bertz CT molecular complexity index is 564. The van der Waals surface area contributed by atoms with E-state index >= 15 is 0 Å². The quantitative estimate of drug-likeness (QED) is 0.351. The van der Waals surface area contributed by atoms with Crippen molar-refractivity contribution in [1.29, 1.82) is 0 Å². The normalized spacial score (nSPS) is 18.0. The second kappa shape index (κ2) is 9.91. The molecule has 0 spiro atoms. The molecule has 0 N–H and O–H groups in total. The summed E-state index contributed by atoms with van der Waals surface area (Å²) in [6, 6.07) is 0. The molecule has 4 nitrogen and oxygen atoms in total. The number of carbonyl (C=O) groups excluding carboxylic acids is 2. The van der Waals surface area contributed by atoms with Crippen molar-refractivity contribution in [1.82, 2.24) is 0 Å². The van der Waals surface area contributed by atoms with Crippen LogP contribution in [0.1, 0.15) is 53.4 Å². The molecule has 0 bridgehead atoms. The van der Waals surface area contributed by atoms with Crippen molar-refractivity contribution in [3.63, 3.8) is 0 Å². The van der Waals surface area contributed by atoms with Crippen molar-refractivity contribution in [3.8, 4) is 0 Å². The first-order valence-electron chi connectivity index (χ1n) is 8.34. The lowest BCUT2D eigenvalue weighted by molar-refractivity contribution is -0.155. The summed E-state index contributed by atoms with van der Waals surface area (Å²) < 4.78 is 10.3. The van der Waals surface area contributed by atoms with Gasteiger partial charge < -0.3 is 9.47 Å². The second-order valence-electron chi connectivity index (χ2n) is 6.68. The molecule has 0 saturated heterocycles. The van der Waals surface area contributed by atoms with Gasteiger partial charge in [0.2, 0.25) is 0 Å². The number of Topliss-reactive ketones (excluding diaryl/α,β-unsaturated/α-hetero) is 1. The number of esters is 1. The van der Waals surface area contributed by atoms with E-state index in [0.29, 0.717) is 24.3 Å². The molecule has 24 heavy (non-hydrogen) atoms. The molecule has 1 heterocycles. The van der Waals surface area contributed by atoms with Crippen molar-refractivity contribution in [2.24, 2.45) is 5.92 Å². The number of ether oxygens (including phenoxy) is 2. The molecule has 1 unspecified atom stereocenters. The van der Waals surface area contributed by atoms with Crippen LogP contribution in [-0.2, 0) is 19.1 Å². The van der Waals surface area contributed by atoms with Gasteiger partial charge in [0.25, 0.3) is 6.29 Å². The molecule has 0 aromatic carbocycles. The lowest BCUT2D eigenvalue weighted by Gasteiger charge is -2.11. The standard InChI is InChI=1S/C20H28O4/c1-14(2)11-18(21)12-15(3)7-6-8-16(4)13-19(22)24-20-17(5)9-10-23-20/h7,9-10,13-14,20H,5-6,8,11-12H2,1-4H3. The number of allylic oxidation sites excluding steroid dienone is 3. The predicted molar refractivity (Wildman–Crippen MR) is 95.1 cm³/mol. The zero-order valence-corrected chi connectivity index (χ0v) is 15.1. The lowest BCUT2D eigenvalue weighted by Crippen LogP contribution is -2.16. The topological polar surface area (TPSA) is 52.6 Å². The number of ketones is 1. The van der Waals surface area contributed by atoms with Crippen LogP contribution in [0.2, 0.25) is 0 Å². The third-order valence-electron chi connectivity index (χ3n) is 3.52. The molecule has 4 heteroatoms. The molecule has 0 aromatic rings. The van der Waals surface area contributed by atoms with Gasteiger partial charge in [-0.2, -0.15) is 0 Å². The highest BCUT2D eigenvalue weighted by molar-refractivity contribution is 5.83. The minimum Gasteiger partial charge on any atom is -0.458 e. The van der Waals surface area contributed by atoms with Gasteiger partial charge >= 0.3 is 5.97 Å². The summed E-state index contributed by atoms with van der Waals surface area (Å²) in [5.41, 5.74) is 2.63. The minimum atomic E-state index is -0.712. The first-order valence-corrected chi connectivity index (χ1v) is 8.34. The van der Waals surface area contributed by atoms with Gasteiger partial charge in [-0.1, -0.05) is 37.6 Å². The summed E-state index contributed by atoms with van der Waals surface area (Å²) in [6.07, 6.45) is 8.63. The molecule has 0 amide bonds. The fourth-order valence-corrected chi connectivity index (χ4v) is 2.34. The number of hydrogen-bond acceptors (Lipinski definition) is 4. The van der Waals surface area contributed by atoms with E-state index in [4.69, 9.17) is 9.47 Å². The average Bonchev–Trinajstić information content (AvgIpc) is 2.82. The Kier molecular flexibility index (Phi) is 8.24. The van der Waals surface area contributed by atoms with E-state index in [-0.39, 0.29) is 5.78 Å². The molecule has 1 aliphatic rings. The van der Waals surface area contributed by atoms with Crippen LogP contribution >= 0.6 is 0 Å². The van der Waals surface area contributed by atoms with E-state index < -0.39 is 12.3 Å². The molecule has 0 aromatic heterocycles. The van der Waals surface area contributed by atoms with Crippen LogP contribution in [0.3, 0.4) is 0 Å². The largest absolute Gasteiger partial charge is 0.458 e. The van der Waals surface area contributed by atoms with Crippen molar-refractivity contribution >= 4 is 11.8 Å². The molecule has 0 radical (unpaired) electrons. The van der Waals surface area contributed by atoms with Crippen LogP contribution in [0, 0.1) is 5.92 Å². The predicted octanol–water partition coefficient (Wildman–Crippen LogP) is 4.63. The molecule has 1 rings (SSSR count). The van der Waals surface area contributed by atoms with Crippen LogP contribution < -0.4 is 0 Å². The first-order chi connectivity index (χ1) is 11.3. The van der Waals surface area contributed by atoms with E-state index in [0.717, 1.165) is 24.0 Å². The Morgan fingerprint density at radius 1 is 1.33 bits per heavy atom. The summed E-state index contributed by atoms with van der Waals surface area (Å²) in [5.74, 6) is 0.242. The highest BCUT2D eigenvalue weighted by atomic mass is 16.7. The summed E-state index contributed by atoms with van der Waals surface area (Å²) in [5, 5.41) is 0.